The van der Waals surface area contributed by atoms with E-state index in [1.807, 2.05) is 61.2 Å². The molecule has 1 N–H and O–H groups in total. The highest BCUT2D eigenvalue weighted by molar-refractivity contribution is 5.94. The maximum absolute atomic E-state index is 12.8. The molecular weight excluding hydrogens is 388 g/mol. The fourth-order valence-electron chi connectivity index (χ4n) is 3.90. The zero-order valence-corrected chi connectivity index (χ0v) is 19.3. The number of piperidine rings is 1. The van der Waals surface area contributed by atoms with Gasteiger partial charge >= 0.3 is 0 Å². The van der Waals surface area contributed by atoms with E-state index in [-0.39, 0.29) is 29.9 Å². The summed E-state index contributed by atoms with van der Waals surface area (Å²) in [5, 5.41) is 3.04. The van der Waals surface area contributed by atoms with Gasteiger partial charge in [-0.25, -0.2) is 0 Å². The number of hydrogen-bond donors (Lipinski definition) is 1. The molecule has 5 nitrogen and oxygen atoms in total. The molecule has 166 valence electrons. The molecule has 2 aromatic carbocycles. The molecule has 1 heterocycles. The van der Waals surface area contributed by atoms with Crippen LogP contribution in [0.2, 0.25) is 0 Å². The SMILES string of the molecule is Cc1ccc(OCC(=O)NC2CCN(C(=O)c3ccc(C(C)(C)C)cc3)CC2)c(C)c1. The van der Waals surface area contributed by atoms with E-state index in [1.165, 1.54) is 11.1 Å². The van der Waals surface area contributed by atoms with Gasteiger partial charge in [0.25, 0.3) is 11.8 Å². The zero-order valence-electron chi connectivity index (χ0n) is 19.3. The molecule has 1 aliphatic rings. The third kappa shape index (κ3) is 6.09. The molecule has 0 radical (unpaired) electrons. The van der Waals surface area contributed by atoms with Gasteiger partial charge in [-0.3, -0.25) is 9.59 Å². The van der Waals surface area contributed by atoms with Crippen LogP contribution in [0.15, 0.2) is 42.5 Å². The van der Waals surface area contributed by atoms with Gasteiger partial charge in [-0.15, -0.1) is 0 Å². The second kappa shape index (κ2) is 9.54. The van der Waals surface area contributed by atoms with Crippen LogP contribution in [0.1, 0.15) is 60.7 Å². The third-order valence-corrected chi connectivity index (χ3v) is 5.83. The van der Waals surface area contributed by atoms with Gasteiger partial charge < -0.3 is 15.0 Å². The van der Waals surface area contributed by atoms with Crippen molar-refractivity contribution in [3.8, 4) is 5.75 Å². The topological polar surface area (TPSA) is 58.6 Å². The molecule has 1 aliphatic heterocycles. The van der Waals surface area contributed by atoms with Crippen LogP contribution < -0.4 is 10.1 Å². The summed E-state index contributed by atoms with van der Waals surface area (Å²) in [7, 11) is 0. The largest absolute Gasteiger partial charge is 0.484 e. The molecular formula is C26H34N2O3. The predicted molar refractivity (Wildman–Crippen MR) is 124 cm³/mol. The molecule has 1 fully saturated rings. The molecule has 0 atom stereocenters. The first-order chi connectivity index (χ1) is 14.6. The van der Waals surface area contributed by atoms with E-state index in [4.69, 9.17) is 4.74 Å². The maximum atomic E-state index is 12.8. The molecule has 0 bridgehead atoms. The third-order valence-electron chi connectivity index (χ3n) is 5.83. The van der Waals surface area contributed by atoms with Gasteiger partial charge in [0, 0.05) is 24.7 Å². The number of ether oxygens (including phenoxy) is 1. The fourth-order valence-corrected chi connectivity index (χ4v) is 3.90. The minimum absolute atomic E-state index is 0.00315. The van der Waals surface area contributed by atoms with E-state index in [0.29, 0.717) is 13.1 Å². The lowest BCUT2D eigenvalue weighted by atomic mass is 9.86. The lowest BCUT2D eigenvalue weighted by molar-refractivity contribution is -0.124. The van der Waals surface area contributed by atoms with Crippen LogP contribution in [-0.4, -0.2) is 42.5 Å². The molecule has 0 unspecified atom stereocenters. The monoisotopic (exact) mass is 422 g/mol. The molecule has 31 heavy (non-hydrogen) atoms. The van der Waals surface area contributed by atoms with Crippen LogP contribution in [0.25, 0.3) is 0 Å². The highest BCUT2D eigenvalue weighted by atomic mass is 16.5. The van der Waals surface area contributed by atoms with Crippen molar-refractivity contribution in [1.82, 2.24) is 10.2 Å². The Balaban J connectivity index is 1.45. The van der Waals surface area contributed by atoms with Crippen molar-refractivity contribution in [3.63, 3.8) is 0 Å². The summed E-state index contributed by atoms with van der Waals surface area (Å²) in [6.45, 7) is 11.8. The van der Waals surface area contributed by atoms with Crippen molar-refractivity contribution < 1.29 is 14.3 Å². The van der Waals surface area contributed by atoms with E-state index >= 15 is 0 Å². The number of carbonyl (C=O) groups excluding carboxylic acids is 2. The number of hydrogen-bond acceptors (Lipinski definition) is 3. The Bertz CT molecular complexity index is 921. The van der Waals surface area contributed by atoms with E-state index < -0.39 is 0 Å². The van der Waals surface area contributed by atoms with Gasteiger partial charge in [-0.1, -0.05) is 50.6 Å². The summed E-state index contributed by atoms with van der Waals surface area (Å²) in [5.74, 6) is 0.671. The second-order valence-electron chi connectivity index (χ2n) is 9.52. The Kier molecular flexibility index (Phi) is 7.04. The van der Waals surface area contributed by atoms with Gasteiger partial charge in [0.05, 0.1) is 0 Å². The Labute approximate surface area is 185 Å². The van der Waals surface area contributed by atoms with Crippen LogP contribution in [-0.2, 0) is 10.2 Å². The molecule has 2 amide bonds. The Morgan fingerprint density at radius 3 is 2.26 bits per heavy atom. The Morgan fingerprint density at radius 1 is 1.03 bits per heavy atom. The van der Waals surface area contributed by atoms with Crippen molar-refractivity contribution >= 4 is 11.8 Å². The lowest BCUT2D eigenvalue weighted by Gasteiger charge is -2.32. The molecule has 5 heteroatoms. The number of carbonyl (C=O) groups is 2. The van der Waals surface area contributed by atoms with Crippen molar-refractivity contribution in [2.24, 2.45) is 0 Å². The Morgan fingerprint density at radius 2 is 1.68 bits per heavy atom. The number of nitrogens with zero attached hydrogens (tertiary/aromatic N) is 1. The molecule has 0 spiro atoms. The maximum Gasteiger partial charge on any atom is 0.258 e. The van der Waals surface area contributed by atoms with Crippen molar-refractivity contribution in [2.75, 3.05) is 19.7 Å². The summed E-state index contributed by atoms with van der Waals surface area (Å²) in [4.78, 5) is 27.0. The summed E-state index contributed by atoms with van der Waals surface area (Å²) in [5.41, 5.74) is 4.20. The van der Waals surface area contributed by atoms with Crippen LogP contribution in [0, 0.1) is 13.8 Å². The van der Waals surface area contributed by atoms with Crippen LogP contribution >= 0.6 is 0 Å². The smallest absolute Gasteiger partial charge is 0.258 e. The number of benzene rings is 2. The highest BCUT2D eigenvalue weighted by Gasteiger charge is 2.25. The predicted octanol–water partition coefficient (Wildman–Crippen LogP) is 4.40. The van der Waals surface area contributed by atoms with Crippen LogP contribution in [0.3, 0.4) is 0 Å². The van der Waals surface area contributed by atoms with Gasteiger partial charge in [0.2, 0.25) is 0 Å². The quantitative estimate of drug-likeness (QED) is 0.777. The molecule has 0 aliphatic carbocycles. The normalized spacial score (nSPS) is 14.9. The van der Waals surface area contributed by atoms with E-state index in [0.717, 1.165) is 29.7 Å². The summed E-state index contributed by atoms with van der Waals surface area (Å²) in [6.07, 6.45) is 1.50. The standard InChI is InChI=1S/C26H34N2O3/c1-18-6-11-23(19(2)16-18)31-17-24(29)27-22-12-14-28(15-13-22)25(30)20-7-9-21(10-8-20)26(3,4)5/h6-11,16,22H,12-15,17H2,1-5H3,(H,27,29). The Hall–Kier alpha value is -2.82. The van der Waals surface area contributed by atoms with Crippen molar-refractivity contribution in [2.45, 2.75) is 58.9 Å². The average molecular weight is 423 g/mol. The van der Waals surface area contributed by atoms with Gasteiger partial charge in [-0.2, -0.15) is 0 Å². The number of aryl methyl sites for hydroxylation is 2. The number of amides is 2. The summed E-state index contributed by atoms with van der Waals surface area (Å²) < 4.78 is 5.67. The van der Waals surface area contributed by atoms with Crippen molar-refractivity contribution in [3.05, 3.63) is 64.7 Å². The number of nitrogens with one attached hydrogen (secondary N) is 1. The average Bonchev–Trinajstić information content (AvgIpc) is 2.72. The fraction of sp³-hybridized carbons (Fsp3) is 0.462. The zero-order chi connectivity index (χ0) is 22.6. The second-order valence-corrected chi connectivity index (χ2v) is 9.52. The highest BCUT2D eigenvalue weighted by Crippen LogP contribution is 2.23. The van der Waals surface area contributed by atoms with Gasteiger partial charge in [0.1, 0.15) is 5.75 Å². The molecule has 3 rings (SSSR count). The van der Waals surface area contributed by atoms with E-state index in [9.17, 15) is 9.59 Å². The molecule has 0 aromatic heterocycles. The summed E-state index contributed by atoms with van der Waals surface area (Å²) >= 11 is 0. The number of rotatable bonds is 5. The van der Waals surface area contributed by atoms with Gasteiger partial charge in [0.15, 0.2) is 6.61 Å². The first-order valence-electron chi connectivity index (χ1n) is 11.0. The number of likely N-dealkylation sites (tertiary alicyclic amines) is 1. The van der Waals surface area contributed by atoms with Gasteiger partial charge in [-0.05, 0) is 61.4 Å². The van der Waals surface area contributed by atoms with Crippen molar-refractivity contribution in [1.29, 1.82) is 0 Å². The molecule has 2 aromatic rings. The van der Waals surface area contributed by atoms with E-state index in [1.54, 1.807) is 0 Å². The summed E-state index contributed by atoms with van der Waals surface area (Å²) in [6, 6.07) is 13.9. The van der Waals surface area contributed by atoms with Crippen LogP contribution in [0.5, 0.6) is 5.75 Å². The van der Waals surface area contributed by atoms with Crippen LogP contribution in [0.4, 0.5) is 0 Å². The minimum Gasteiger partial charge on any atom is -0.484 e. The first kappa shape index (κ1) is 22.9. The first-order valence-corrected chi connectivity index (χ1v) is 11.0. The van der Waals surface area contributed by atoms with E-state index in [2.05, 4.69) is 26.1 Å². The lowest BCUT2D eigenvalue weighted by Crippen LogP contribution is -2.47. The molecule has 1 saturated heterocycles. The minimum atomic E-state index is -0.123. The molecule has 0 saturated carbocycles.